The van der Waals surface area contributed by atoms with Crippen LogP contribution in [0.3, 0.4) is 0 Å². The lowest BCUT2D eigenvalue weighted by molar-refractivity contribution is -0.112. The van der Waals surface area contributed by atoms with Gasteiger partial charge in [0.15, 0.2) is 0 Å². The van der Waals surface area contributed by atoms with E-state index in [1.54, 1.807) is 36.3 Å². The maximum atomic E-state index is 12.5. The Balaban J connectivity index is 1.67. The van der Waals surface area contributed by atoms with Gasteiger partial charge in [-0.2, -0.15) is 5.10 Å². The highest BCUT2D eigenvalue weighted by molar-refractivity contribution is 6.03. The van der Waals surface area contributed by atoms with Gasteiger partial charge in [-0.15, -0.1) is 0 Å². The zero-order valence-corrected chi connectivity index (χ0v) is 17.7. The van der Waals surface area contributed by atoms with E-state index in [-0.39, 0.29) is 5.70 Å². The first-order valence-electron chi connectivity index (χ1n) is 9.95. The number of aromatic nitrogens is 3. The molecule has 3 rings (SSSR count). The Morgan fingerprint density at radius 3 is 2.52 bits per heavy atom. The summed E-state index contributed by atoms with van der Waals surface area (Å²) >= 11 is 0. The monoisotopic (exact) mass is 417 g/mol. The number of amides is 1. The van der Waals surface area contributed by atoms with Crippen molar-refractivity contribution in [3.63, 3.8) is 0 Å². The summed E-state index contributed by atoms with van der Waals surface area (Å²) in [4.78, 5) is 18.5. The molecule has 1 amide bonds. The van der Waals surface area contributed by atoms with Gasteiger partial charge in [-0.25, -0.2) is 0 Å². The SMILES string of the molecule is CCN(Cc1ccncc1)/C(N)=C/C=C(\N)C(=O)Nc1cc(-c2ccccc2)nn1C. The highest BCUT2D eigenvalue weighted by Gasteiger charge is 2.12. The molecule has 0 fully saturated rings. The highest BCUT2D eigenvalue weighted by Crippen LogP contribution is 2.21. The zero-order valence-electron chi connectivity index (χ0n) is 17.7. The molecule has 0 aliphatic heterocycles. The molecule has 8 heteroatoms. The van der Waals surface area contributed by atoms with E-state index in [1.165, 1.54) is 6.08 Å². The van der Waals surface area contributed by atoms with Gasteiger partial charge < -0.3 is 21.7 Å². The van der Waals surface area contributed by atoms with Crippen LogP contribution < -0.4 is 16.8 Å². The van der Waals surface area contributed by atoms with E-state index in [4.69, 9.17) is 11.5 Å². The summed E-state index contributed by atoms with van der Waals surface area (Å²) in [6, 6.07) is 15.4. The molecule has 0 aliphatic carbocycles. The van der Waals surface area contributed by atoms with E-state index >= 15 is 0 Å². The molecule has 0 saturated heterocycles. The van der Waals surface area contributed by atoms with Crippen LogP contribution in [0.5, 0.6) is 0 Å². The van der Waals surface area contributed by atoms with Crippen molar-refractivity contribution in [3.8, 4) is 11.3 Å². The predicted octanol–water partition coefficient (Wildman–Crippen LogP) is 2.59. The van der Waals surface area contributed by atoms with Crippen molar-refractivity contribution >= 4 is 11.7 Å². The molecule has 0 atom stereocenters. The molecule has 3 aromatic rings. The summed E-state index contributed by atoms with van der Waals surface area (Å²) in [6.45, 7) is 3.36. The predicted molar refractivity (Wildman–Crippen MR) is 122 cm³/mol. The van der Waals surface area contributed by atoms with Crippen molar-refractivity contribution in [1.29, 1.82) is 0 Å². The first-order chi connectivity index (χ1) is 15.0. The van der Waals surface area contributed by atoms with Gasteiger partial charge in [-0.1, -0.05) is 30.3 Å². The van der Waals surface area contributed by atoms with Crippen LogP contribution in [0, 0.1) is 0 Å². The van der Waals surface area contributed by atoms with Crippen molar-refractivity contribution in [1.82, 2.24) is 19.7 Å². The van der Waals surface area contributed by atoms with E-state index in [2.05, 4.69) is 15.4 Å². The van der Waals surface area contributed by atoms with Crippen LogP contribution in [0.25, 0.3) is 11.3 Å². The molecule has 0 unspecified atom stereocenters. The van der Waals surface area contributed by atoms with Crippen LogP contribution in [0.15, 0.2) is 84.6 Å². The van der Waals surface area contributed by atoms with Gasteiger partial charge in [-0.3, -0.25) is 14.5 Å². The number of pyridine rings is 1. The molecule has 2 heterocycles. The lowest BCUT2D eigenvalue weighted by Gasteiger charge is -2.23. The maximum Gasteiger partial charge on any atom is 0.272 e. The molecule has 5 N–H and O–H groups in total. The topological polar surface area (TPSA) is 115 Å². The molecule has 0 bridgehead atoms. The number of hydrogen-bond donors (Lipinski definition) is 3. The second kappa shape index (κ2) is 10.1. The zero-order chi connectivity index (χ0) is 22.2. The Morgan fingerprint density at radius 2 is 1.84 bits per heavy atom. The summed E-state index contributed by atoms with van der Waals surface area (Å²) < 4.78 is 1.60. The molecule has 31 heavy (non-hydrogen) atoms. The van der Waals surface area contributed by atoms with Gasteiger partial charge >= 0.3 is 0 Å². The Morgan fingerprint density at radius 1 is 1.13 bits per heavy atom. The largest absolute Gasteiger partial charge is 0.394 e. The minimum atomic E-state index is -0.427. The minimum absolute atomic E-state index is 0.0466. The van der Waals surface area contributed by atoms with Crippen LogP contribution in [0.1, 0.15) is 12.5 Å². The fourth-order valence-electron chi connectivity index (χ4n) is 2.97. The van der Waals surface area contributed by atoms with E-state index in [9.17, 15) is 4.79 Å². The number of allylic oxidation sites excluding steroid dienone is 2. The van der Waals surface area contributed by atoms with Crippen LogP contribution in [-0.2, 0) is 18.4 Å². The summed E-state index contributed by atoms with van der Waals surface area (Å²) in [7, 11) is 1.76. The van der Waals surface area contributed by atoms with Crippen molar-refractivity contribution in [2.24, 2.45) is 18.5 Å². The Labute approximate surface area is 181 Å². The number of nitrogens with zero attached hydrogens (tertiary/aromatic N) is 4. The Bertz CT molecular complexity index is 1070. The third-order valence-electron chi connectivity index (χ3n) is 4.76. The second-order valence-corrected chi connectivity index (χ2v) is 6.94. The molecular formula is C23H27N7O. The second-order valence-electron chi connectivity index (χ2n) is 6.94. The minimum Gasteiger partial charge on any atom is -0.394 e. The van der Waals surface area contributed by atoms with Crippen molar-refractivity contribution < 1.29 is 4.79 Å². The van der Waals surface area contributed by atoms with Crippen LogP contribution in [-0.4, -0.2) is 32.1 Å². The molecule has 8 nitrogen and oxygen atoms in total. The standard InChI is InChI=1S/C23H27N7O/c1-3-30(16-17-11-13-26-14-12-17)21(25)10-9-19(24)23(31)27-22-15-20(28-29(22)2)18-7-5-4-6-8-18/h4-15H,3,16,24-25H2,1-2H3,(H,27,31)/b19-9-,21-10+. The quantitative estimate of drug-likeness (QED) is 0.383. The van der Waals surface area contributed by atoms with Gasteiger partial charge in [-0.05, 0) is 36.8 Å². The summed E-state index contributed by atoms with van der Waals surface area (Å²) in [6.07, 6.45) is 6.63. The number of aryl methyl sites for hydroxylation is 1. The van der Waals surface area contributed by atoms with E-state index < -0.39 is 5.91 Å². The number of anilines is 1. The number of carbonyl (C=O) groups is 1. The summed E-state index contributed by atoms with van der Waals surface area (Å²) in [5, 5.41) is 7.22. The summed E-state index contributed by atoms with van der Waals surface area (Å²) in [5.74, 6) is 0.635. The Kier molecular flexibility index (Phi) is 7.05. The van der Waals surface area contributed by atoms with Crippen LogP contribution in [0.4, 0.5) is 5.82 Å². The van der Waals surface area contributed by atoms with Gasteiger partial charge in [0.2, 0.25) is 0 Å². The van der Waals surface area contributed by atoms with Crippen molar-refractivity contribution in [2.45, 2.75) is 13.5 Å². The van der Waals surface area contributed by atoms with Crippen LogP contribution >= 0.6 is 0 Å². The van der Waals surface area contributed by atoms with Gasteiger partial charge in [0.25, 0.3) is 5.91 Å². The Hall–Kier alpha value is -4.07. The molecule has 0 spiro atoms. The van der Waals surface area contributed by atoms with Crippen molar-refractivity contribution in [2.75, 3.05) is 11.9 Å². The number of nitrogens with two attached hydrogens (primary N) is 2. The molecular weight excluding hydrogens is 390 g/mol. The third kappa shape index (κ3) is 5.72. The number of hydrogen-bond acceptors (Lipinski definition) is 6. The molecule has 0 aliphatic rings. The lowest BCUT2D eigenvalue weighted by atomic mass is 10.1. The van der Waals surface area contributed by atoms with E-state index in [0.717, 1.165) is 16.8 Å². The lowest BCUT2D eigenvalue weighted by Crippen LogP contribution is -2.27. The van der Waals surface area contributed by atoms with Gasteiger partial charge in [0.05, 0.1) is 17.2 Å². The molecule has 160 valence electrons. The first kappa shape index (κ1) is 21.6. The average molecular weight is 418 g/mol. The fourth-order valence-corrected chi connectivity index (χ4v) is 2.97. The van der Waals surface area contributed by atoms with E-state index in [0.29, 0.717) is 24.7 Å². The normalized spacial score (nSPS) is 11.9. The molecule has 0 saturated carbocycles. The maximum absolute atomic E-state index is 12.5. The van der Waals surface area contributed by atoms with Gasteiger partial charge in [0, 0.05) is 44.2 Å². The molecule has 0 radical (unpaired) electrons. The smallest absolute Gasteiger partial charge is 0.272 e. The fraction of sp³-hybridized carbons (Fsp3) is 0.174. The molecule has 2 aromatic heterocycles. The van der Waals surface area contributed by atoms with E-state index in [1.807, 2.05) is 54.3 Å². The van der Waals surface area contributed by atoms with Gasteiger partial charge in [0.1, 0.15) is 5.82 Å². The highest BCUT2D eigenvalue weighted by atomic mass is 16.2. The number of rotatable bonds is 8. The molecule has 1 aromatic carbocycles. The third-order valence-corrected chi connectivity index (χ3v) is 4.76. The van der Waals surface area contributed by atoms with Crippen molar-refractivity contribution in [3.05, 3.63) is 90.2 Å². The average Bonchev–Trinajstić information content (AvgIpc) is 3.16. The van der Waals surface area contributed by atoms with Crippen LogP contribution in [0.2, 0.25) is 0 Å². The number of nitrogens with one attached hydrogen (secondary N) is 1. The summed E-state index contributed by atoms with van der Waals surface area (Å²) in [5.41, 5.74) is 15.0. The number of carbonyl (C=O) groups excluding carboxylic acids is 1. The number of benzene rings is 1. The first-order valence-corrected chi connectivity index (χ1v) is 9.95.